The van der Waals surface area contributed by atoms with Crippen LogP contribution in [-0.4, -0.2) is 40.5 Å². The number of thiophene rings is 1. The Balaban J connectivity index is 1.89. The van der Waals surface area contributed by atoms with E-state index in [0.29, 0.717) is 10.4 Å². The molecule has 1 aliphatic heterocycles. The summed E-state index contributed by atoms with van der Waals surface area (Å²) in [6, 6.07) is 14.7. The van der Waals surface area contributed by atoms with E-state index >= 15 is 0 Å². The van der Waals surface area contributed by atoms with Crippen LogP contribution in [0.4, 0.5) is 13.2 Å². The number of amides is 1. The van der Waals surface area contributed by atoms with Gasteiger partial charge >= 0.3 is 18.1 Å². The number of ether oxygens (including phenoxy) is 1. The minimum absolute atomic E-state index is 0.106. The molecule has 10 heteroatoms. The second-order valence-electron chi connectivity index (χ2n) is 8.54. The molecule has 0 bridgehead atoms. The maximum absolute atomic E-state index is 13.9. The molecule has 3 atom stereocenters. The number of methoxy groups -OCH3 is 1. The minimum Gasteiger partial charge on any atom is -0.479 e. The molecule has 2 aromatic carbocycles. The first-order valence-corrected chi connectivity index (χ1v) is 11.9. The number of carbonyl (C=O) groups is 3. The number of carbonyl (C=O) groups excluding carboxylic acids is 2. The van der Waals surface area contributed by atoms with Gasteiger partial charge in [0, 0.05) is 16.9 Å². The topological polar surface area (TPSA) is 83.9 Å². The number of benzene rings is 2. The van der Waals surface area contributed by atoms with Crippen LogP contribution in [0.15, 0.2) is 72.1 Å². The van der Waals surface area contributed by atoms with Gasteiger partial charge in [0.25, 0.3) is 5.91 Å². The van der Waals surface area contributed by atoms with E-state index in [1.54, 1.807) is 47.8 Å². The summed E-state index contributed by atoms with van der Waals surface area (Å²) in [5.74, 6) is -3.77. The molecule has 0 aliphatic carbocycles. The maximum Gasteiger partial charge on any atom is 0.416 e. The minimum atomic E-state index is -4.59. The van der Waals surface area contributed by atoms with Gasteiger partial charge in [-0.15, -0.1) is 11.3 Å². The quantitative estimate of drug-likeness (QED) is 0.454. The fourth-order valence-electron chi connectivity index (χ4n) is 4.79. The molecule has 2 heterocycles. The Morgan fingerprint density at radius 1 is 1.06 bits per heavy atom. The summed E-state index contributed by atoms with van der Waals surface area (Å²) in [4.78, 5) is 41.4. The number of aliphatic carboxylic acids is 1. The van der Waals surface area contributed by atoms with Crippen molar-refractivity contribution in [3.05, 3.63) is 93.7 Å². The van der Waals surface area contributed by atoms with E-state index in [1.165, 1.54) is 18.4 Å². The summed E-state index contributed by atoms with van der Waals surface area (Å²) in [5.41, 5.74) is -2.28. The predicted octanol–water partition coefficient (Wildman–Crippen LogP) is 5.21. The first-order chi connectivity index (χ1) is 17.1. The van der Waals surface area contributed by atoms with Crippen LogP contribution in [0.1, 0.15) is 38.8 Å². The lowest BCUT2D eigenvalue weighted by molar-refractivity contribution is -0.149. The van der Waals surface area contributed by atoms with Crippen LogP contribution in [0.25, 0.3) is 0 Å². The summed E-state index contributed by atoms with van der Waals surface area (Å²) in [7, 11) is 1.19. The number of esters is 1. The Bertz CT molecular complexity index is 1240. The molecule has 3 aromatic rings. The van der Waals surface area contributed by atoms with E-state index in [4.69, 9.17) is 4.74 Å². The first kappa shape index (κ1) is 25.4. The van der Waals surface area contributed by atoms with Crippen LogP contribution in [0.5, 0.6) is 0 Å². The number of hydrogen-bond acceptors (Lipinski definition) is 5. The van der Waals surface area contributed by atoms with E-state index < -0.39 is 47.1 Å². The summed E-state index contributed by atoms with van der Waals surface area (Å²) < 4.78 is 44.3. The molecule has 1 saturated heterocycles. The van der Waals surface area contributed by atoms with Crippen LogP contribution in [0.3, 0.4) is 0 Å². The van der Waals surface area contributed by atoms with Gasteiger partial charge < -0.3 is 14.7 Å². The SMILES string of the molecule is COC(=O)C1CC(Cc2ccccc2)(C(=O)O)N(C(=O)c2ccc(C(F)(F)F)cc2)C1c1cccs1. The van der Waals surface area contributed by atoms with Crippen molar-refractivity contribution in [1.29, 1.82) is 0 Å². The highest BCUT2D eigenvalue weighted by Gasteiger charge is 2.61. The van der Waals surface area contributed by atoms with Gasteiger partial charge in [0.15, 0.2) is 0 Å². The molecule has 1 amide bonds. The van der Waals surface area contributed by atoms with E-state index in [2.05, 4.69) is 0 Å². The van der Waals surface area contributed by atoms with Gasteiger partial charge in [-0.1, -0.05) is 36.4 Å². The average molecular weight is 518 g/mol. The van der Waals surface area contributed by atoms with Crippen molar-refractivity contribution in [1.82, 2.24) is 4.90 Å². The van der Waals surface area contributed by atoms with E-state index in [-0.39, 0.29) is 18.4 Å². The highest BCUT2D eigenvalue weighted by molar-refractivity contribution is 7.10. The van der Waals surface area contributed by atoms with E-state index in [0.717, 1.165) is 29.2 Å². The van der Waals surface area contributed by atoms with Gasteiger partial charge in [-0.3, -0.25) is 9.59 Å². The van der Waals surface area contributed by atoms with Crippen LogP contribution in [0, 0.1) is 5.92 Å². The van der Waals surface area contributed by atoms with Crippen molar-refractivity contribution in [3.8, 4) is 0 Å². The lowest BCUT2D eigenvalue weighted by atomic mass is 9.85. The molecule has 6 nitrogen and oxygen atoms in total. The van der Waals surface area contributed by atoms with Gasteiger partial charge in [-0.25, -0.2) is 4.79 Å². The molecule has 0 saturated carbocycles. The molecule has 1 fully saturated rings. The van der Waals surface area contributed by atoms with E-state index in [9.17, 15) is 32.7 Å². The van der Waals surface area contributed by atoms with E-state index in [1.807, 2.05) is 0 Å². The Kier molecular flexibility index (Phi) is 6.90. The zero-order chi connectivity index (χ0) is 26.1. The number of alkyl halides is 3. The molecule has 0 spiro atoms. The predicted molar refractivity (Wildman–Crippen MR) is 125 cm³/mol. The second-order valence-corrected chi connectivity index (χ2v) is 9.52. The molecule has 1 aromatic heterocycles. The van der Waals surface area contributed by atoms with Gasteiger partial charge in [0.1, 0.15) is 5.54 Å². The number of likely N-dealkylation sites (tertiary alicyclic amines) is 1. The van der Waals surface area contributed by atoms with Gasteiger partial charge in [-0.2, -0.15) is 13.2 Å². The lowest BCUT2D eigenvalue weighted by Gasteiger charge is -2.38. The fraction of sp³-hybridized carbons (Fsp3) is 0.269. The number of halogens is 3. The molecule has 188 valence electrons. The van der Waals surface area contributed by atoms with Crippen LogP contribution in [0.2, 0.25) is 0 Å². The molecule has 1 aliphatic rings. The molecule has 0 radical (unpaired) electrons. The maximum atomic E-state index is 13.9. The fourth-order valence-corrected chi connectivity index (χ4v) is 5.67. The number of nitrogens with zero attached hydrogens (tertiary/aromatic N) is 1. The van der Waals surface area contributed by atoms with Crippen molar-refractivity contribution in [2.24, 2.45) is 5.92 Å². The van der Waals surface area contributed by atoms with Crippen LogP contribution < -0.4 is 0 Å². The number of carboxylic acids is 1. The average Bonchev–Trinajstić information content (AvgIpc) is 3.50. The monoisotopic (exact) mass is 517 g/mol. The van der Waals surface area contributed by atoms with Crippen molar-refractivity contribution in [2.45, 2.75) is 30.6 Å². The van der Waals surface area contributed by atoms with Crippen LogP contribution in [-0.2, 0) is 26.9 Å². The Morgan fingerprint density at radius 2 is 1.72 bits per heavy atom. The third-order valence-corrected chi connectivity index (χ3v) is 7.38. The zero-order valence-corrected chi connectivity index (χ0v) is 19.9. The molecular formula is C26H22F3NO5S. The van der Waals surface area contributed by atoms with Crippen molar-refractivity contribution in [2.75, 3.05) is 7.11 Å². The Labute approximate surface area is 208 Å². The van der Waals surface area contributed by atoms with Crippen molar-refractivity contribution >= 4 is 29.2 Å². The lowest BCUT2D eigenvalue weighted by Crippen LogP contribution is -2.55. The Morgan fingerprint density at radius 3 is 2.25 bits per heavy atom. The molecule has 1 N–H and O–H groups in total. The second kappa shape index (κ2) is 9.77. The molecular weight excluding hydrogens is 495 g/mol. The third-order valence-electron chi connectivity index (χ3n) is 6.43. The normalized spacial score (nSPS) is 21.8. The van der Waals surface area contributed by atoms with Gasteiger partial charge in [-0.05, 0) is 47.7 Å². The highest BCUT2D eigenvalue weighted by atomic mass is 32.1. The summed E-state index contributed by atoms with van der Waals surface area (Å²) in [6.45, 7) is 0. The summed E-state index contributed by atoms with van der Waals surface area (Å²) >= 11 is 1.25. The molecule has 4 rings (SSSR count). The van der Waals surface area contributed by atoms with Gasteiger partial charge in [0.2, 0.25) is 0 Å². The summed E-state index contributed by atoms with van der Waals surface area (Å²) in [5, 5.41) is 12.3. The van der Waals surface area contributed by atoms with Crippen molar-refractivity contribution in [3.63, 3.8) is 0 Å². The van der Waals surface area contributed by atoms with Gasteiger partial charge in [0.05, 0.1) is 24.6 Å². The largest absolute Gasteiger partial charge is 0.479 e. The summed E-state index contributed by atoms with van der Waals surface area (Å²) in [6.07, 6.45) is -4.92. The smallest absolute Gasteiger partial charge is 0.416 e. The third kappa shape index (κ3) is 4.60. The van der Waals surface area contributed by atoms with Crippen molar-refractivity contribution < 1.29 is 37.4 Å². The number of carboxylic acid groups (broad SMARTS) is 1. The Hall–Kier alpha value is -3.66. The first-order valence-electron chi connectivity index (χ1n) is 11.0. The number of hydrogen-bond donors (Lipinski definition) is 1. The molecule has 36 heavy (non-hydrogen) atoms. The highest BCUT2D eigenvalue weighted by Crippen LogP contribution is 2.50. The zero-order valence-electron chi connectivity index (χ0n) is 19.1. The number of rotatable bonds is 6. The standard InChI is InChI=1S/C26H22F3NO5S/c1-35-23(32)19-15-25(24(33)34,14-16-6-3-2-4-7-16)30(21(19)20-8-5-13-36-20)22(31)17-9-11-18(12-10-17)26(27,28)29/h2-13,19,21H,14-15H2,1H3,(H,33,34). The van der Waals surface area contributed by atoms with Crippen LogP contribution >= 0.6 is 11.3 Å². The molecule has 3 unspecified atom stereocenters.